The highest BCUT2D eigenvalue weighted by atomic mass is 16.5. The lowest BCUT2D eigenvalue weighted by molar-refractivity contribution is 0.0120. The zero-order chi connectivity index (χ0) is 8.43. The Hall–Kier alpha value is -0.940. The molecule has 2 N–H and O–H groups in total. The van der Waals surface area contributed by atoms with Crippen molar-refractivity contribution >= 4 is 11.7 Å². The molecule has 62 valence electrons. The maximum absolute atomic E-state index is 5.57. The predicted molar refractivity (Wildman–Crippen MR) is 43.0 cm³/mol. The molecule has 0 saturated heterocycles. The van der Waals surface area contributed by atoms with Crippen LogP contribution in [0, 0.1) is 0 Å². The molecule has 5 heteroatoms. The summed E-state index contributed by atoms with van der Waals surface area (Å²) in [5, 5.41) is 1.38. The molecule has 0 aromatic carbocycles. The minimum atomic E-state index is -0.424. The van der Waals surface area contributed by atoms with Crippen LogP contribution in [0.3, 0.4) is 0 Å². The first-order valence-electron chi connectivity index (χ1n) is 3.31. The molecule has 1 rings (SSSR count). The van der Waals surface area contributed by atoms with Gasteiger partial charge in [-0.25, -0.2) is 20.8 Å². The molecule has 11 heavy (non-hydrogen) atoms. The van der Waals surface area contributed by atoms with Gasteiger partial charge in [-0.3, -0.25) is 0 Å². The number of rotatable bonds is 1. The number of aliphatic imine (C=N–C) groups is 2. The number of hydrazine groups is 1. The first-order chi connectivity index (χ1) is 5.15. The number of hydrogen-bond acceptors (Lipinski definition) is 5. The maximum atomic E-state index is 5.57. The zero-order valence-electron chi connectivity index (χ0n) is 6.90. The van der Waals surface area contributed by atoms with E-state index in [0.29, 0.717) is 11.7 Å². The van der Waals surface area contributed by atoms with Gasteiger partial charge in [0.15, 0.2) is 0 Å². The van der Waals surface area contributed by atoms with Crippen molar-refractivity contribution in [2.45, 2.75) is 20.2 Å². The van der Waals surface area contributed by atoms with Gasteiger partial charge in [0.25, 0.3) is 0 Å². The van der Waals surface area contributed by atoms with E-state index in [0.717, 1.165) is 0 Å². The molecule has 0 aromatic heterocycles. The van der Waals surface area contributed by atoms with Crippen LogP contribution in [0.15, 0.2) is 9.98 Å². The Morgan fingerprint density at radius 2 is 2.18 bits per heavy atom. The van der Waals surface area contributed by atoms with Gasteiger partial charge in [-0.05, 0) is 13.8 Å². The van der Waals surface area contributed by atoms with Gasteiger partial charge >= 0.3 is 0 Å². The molecular formula is C6H12N4O. The van der Waals surface area contributed by atoms with E-state index in [-0.39, 0.29) is 0 Å². The Kier molecular flexibility index (Phi) is 2.21. The van der Waals surface area contributed by atoms with E-state index in [1.807, 2.05) is 13.8 Å². The van der Waals surface area contributed by atoms with E-state index >= 15 is 0 Å². The second-order valence-electron chi connectivity index (χ2n) is 2.30. The largest absolute Gasteiger partial charge is 0.341 e. The number of nitrogens with zero attached hydrogens (tertiary/aromatic N) is 3. The average molecular weight is 156 g/mol. The summed E-state index contributed by atoms with van der Waals surface area (Å²) in [6, 6.07) is 0. The smallest absolute Gasteiger partial charge is 0.243 e. The summed E-state index contributed by atoms with van der Waals surface area (Å²) < 4.78 is 4.98. The normalized spacial score (nSPS) is 24.7. The van der Waals surface area contributed by atoms with E-state index in [4.69, 9.17) is 10.6 Å². The molecule has 0 saturated carbocycles. The summed E-state index contributed by atoms with van der Waals surface area (Å²) in [5.74, 6) is 6.97. The van der Waals surface area contributed by atoms with Crippen molar-refractivity contribution in [1.82, 2.24) is 5.01 Å². The number of methoxy groups -OCH3 is 1. The van der Waals surface area contributed by atoms with Gasteiger partial charge in [-0.2, -0.15) is 0 Å². The number of nitrogens with two attached hydrogens (primary N) is 1. The van der Waals surface area contributed by atoms with Crippen molar-refractivity contribution in [3.63, 3.8) is 0 Å². The first kappa shape index (κ1) is 8.16. The topological polar surface area (TPSA) is 63.2 Å². The summed E-state index contributed by atoms with van der Waals surface area (Å²) in [6.45, 7) is 3.62. The van der Waals surface area contributed by atoms with E-state index in [1.165, 1.54) is 5.01 Å². The Labute approximate surface area is 65.5 Å². The van der Waals surface area contributed by atoms with Crippen molar-refractivity contribution in [3.05, 3.63) is 0 Å². The maximum Gasteiger partial charge on any atom is 0.243 e. The highest BCUT2D eigenvalue weighted by Crippen LogP contribution is 2.05. The first-order valence-corrected chi connectivity index (χ1v) is 3.31. The summed E-state index contributed by atoms with van der Waals surface area (Å²) in [7, 11) is 1.56. The van der Waals surface area contributed by atoms with Gasteiger partial charge in [0, 0.05) is 7.11 Å². The summed E-state index contributed by atoms with van der Waals surface area (Å²) in [4.78, 5) is 8.09. The van der Waals surface area contributed by atoms with Crippen LogP contribution in [0.4, 0.5) is 0 Å². The molecule has 1 atom stereocenters. The monoisotopic (exact) mass is 156 g/mol. The van der Waals surface area contributed by atoms with Crippen LogP contribution in [0.1, 0.15) is 13.8 Å². The molecule has 5 nitrogen and oxygen atoms in total. The van der Waals surface area contributed by atoms with Crippen LogP contribution in [0.2, 0.25) is 0 Å². The third kappa shape index (κ3) is 1.55. The molecular weight excluding hydrogens is 144 g/mol. The van der Waals surface area contributed by atoms with Crippen LogP contribution < -0.4 is 5.84 Å². The summed E-state index contributed by atoms with van der Waals surface area (Å²) >= 11 is 0. The third-order valence-electron chi connectivity index (χ3n) is 1.44. The fourth-order valence-electron chi connectivity index (χ4n) is 0.869. The quantitative estimate of drug-likeness (QED) is 0.541. The summed E-state index contributed by atoms with van der Waals surface area (Å²) in [6.07, 6.45) is -0.424. The molecule has 0 fully saturated rings. The number of hydrogen-bond donors (Lipinski definition) is 1. The molecule has 0 aromatic rings. The van der Waals surface area contributed by atoms with E-state index in [9.17, 15) is 0 Å². The standard InChI is InChI=1S/C6H12N4O/c1-4-8-5(2)10(7)6(9-4)11-3/h6H,7H2,1-3H3. The van der Waals surface area contributed by atoms with Crippen molar-refractivity contribution in [3.8, 4) is 0 Å². The lowest BCUT2D eigenvalue weighted by Crippen LogP contribution is -2.47. The van der Waals surface area contributed by atoms with Crippen LogP contribution >= 0.6 is 0 Å². The van der Waals surface area contributed by atoms with E-state index in [1.54, 1.807) is 7.11 Å². The molecule has 0 amide bonds. The van der Waals surface area contributed by atoms with Crippen molar-refractivity contribution in [2.24, 2.45) is 15.8 Å². The molecule has 0 radical (unpaired) electrons. The van der Waals surface area contributed by atoms with Crippen LogP contribution in [0.25, 0.3) is 0 Å². The van der Waals surface area contributed by atoms with E-state index < -0.39 is 6.35 Å². The lowest BCUT2D eigenvalue weighted by Gasteiger charge is -2.27. The number of ether oxygens (including phenoxy) is 1. The minimum absolute atomic E-state index is 0.424. The van der Waals surface area contributed by atoms with Gasteiger partial charge in [0.05, 0.1) is 0 Å². The lowest BCUT2D eigenvalue weighted by atomic mass is 10.5. The second kappa shape index (κ2) is 2.98. The zero-order valence-corrected chi connectivity index (χ0v) is 6.90. The fourth-order valence-corrected chi connectivity index (χ4v) is 0.869. The van der Waals surface area contributed by atoms with Gasteiger partial charge in [0.1, 0.15) is 11.7 Å². The highest BCUT2D eigenvalue weighted by Gasteiger charge is 2.18. The van der Waals surface area contributed by atoms with Crippen LogP contribution in [-0.2, 0) is 4.74 Å². The van der Waals surface area contributed by atoms with Crippen molar-refractivity contribution in [1.29, 1.82) is 0 Å². The van der Waals surface area contributed by atoms with Gasteiger partial charge in [0.2, 0.25) is 6.35 Å². The van der Waals surface area contributed by atoms with Crippen LogP contribution in [0.5, 0.6) is 0 Å². The predicted octanol–water partition coefficient (Wildman–Crippen LogP) is -0.0575. The second-order valence-corrected chi connectivity index (χ2v) is 2.30. The van der Waals surface area contributed by atoms with Gasteiger partial charge < -0.3 is 4.74 Å². The van der Waals surface area contributed by atoms with Crippen molar-refractivity contribution < 1.29 is 4.74 Å². The molecule has 0 bridgehead atoms. The summed E-state index contributed by atoms with van der Waals surface area (Å²) in [5.41, 5.74) is 0. The molecule has 0 spiro atoms. The van der Waals surface area contributed by atoms with Crippen molar-refractivity contribution in [2.75, 3.05) is 7.11 Å². The Morgan fingerprint density at radius 3 is 2.73 bits per heavy atom. The Bertz CT molecular complexity index is 211. The van der Waals surface area contributed by atoms with Crippen LogP contribution in [-0.4, -0.2) is 30.1 Å². The SMILES string of the molecule is COC1N=C(C)N=C(C)N1N. The average Bonchev–Trinajstić information content (AvgIpc) is 1.96. The molecule has 1 aliphatic heterocycles. The Balaban J connectivity index is 2.81. The van der Waals surface area contributed by atoms with Gasteiger partial charge in [-0.15, -0.1) is 0 Å². The van der Waals surface area contributed by atoms with Gasteiger partial charge in [-0.1, -0.05) is 0 Å². The molecule has 1 heterocycles. The van der Waals surface area contributed by atoms with E-state index in [2.05, 4.69) is 9.98 Å². The molecule has 1 aliphatic rings. The molecule has 1 unspecified atom stereocenters. The Morgan fingerprint density at radius 1 is 1.55 bits per heavy atom. The molecule has 0 aliphatic carbocycles. The third-order valence-corrected chi connectivity index (χ3v) is 1.44. The fraction of sp³-hybridized carbons (Fsp3) is 0.667. The number of amidine groups is 2. The highest BCUT2D eigenvalue weighted by molar-refractivity contribution is 5.96. The minimum Gasteiger partial charge on any atom is -0.341 e.